The number of nitrogens with two attached hydrogens (primary N) is 1. The minimum atomic E-state index is -0.203. The van der Waals surface area contributed by atoms with Gasteiger partial charge >= 0.3 is 0 Å². The van der Waals surface area contributed by atoms with Crippen molar-refractivity contribution in [2.45, 2.75) is 19.4 Å². The van der Waals surface area contributed by atoms with Gasteiger partial charge in [0.1, 0.15) is 5.82 Å². The highest BCUT2D eigenvalue weighted by atomic mass is 19.1. The lowest BCUT2D eigenvalue weighted by Gasteiger charge is -2.34. The molecule has 1 heterocycles. The Morgan fingerprint density at radius 3 is 2.36 bits per heavy atom. The molecule has 4 nitrogen and oxygen atoms in total. The Hall–Kier alpha value is -2.11. The first-order valence-electron chi connectivity index (χ1n) is 8.99. The van der Waals surface area contributed by atoms with Crippen molar-refractivity contribution in [2.24, 2.45) is 0 Å². The van der Waals surface area contributed by atoms with Crippen LogP contribution in [-0.4, -0.2) is 37.7 Å². The average Bonchev–Trinajstić information content (AvgIpc) is 2.59. The first kappa shape index (κ1) is 17.7. The van der Waals surface area contributed by atoms with Crippen molar-refractivity contribution in [2.75, 3.05) is 43.5 Å². The van der Waals surface area contributed by atoms with Gasteiger partial charge in [-0.1, -0.05) is 24.3 Å². The van der Waals surface area contributed by atoms with Crippen LogP contribution in [0.15, 0.2) is 48.5 Å². The number of nitrogen functional groups attached to an aromatic ring is 1. The summed E-state index contributed by atoms with van der Waals surface area (Å²) in [7, 11) is 0. The average molecular weight is 342 g/mol. The summed E-state index contributed by atoms with van der Waals surface area (Å²) in [5.74, 6) is -0.203. The third-order valence-corrected chi connectivity index (χ3v) is 4.59. The van der Waals surface area contributed by atoms with E-state index in [1.807, 2.05) is 30.3 Å². The second kappa shape index (κ2) is 8.83. The zero-order valence-corrected chi connectivity index (χ0v) is 14.6. The monoisotopic (exact) mass is 342 g/mol. The molecule has 3 rings (SSSR count). The zero-order valence-electron chi connectivity index (χ0n) is 14.6. The molecule has 0 bridgehead atoms. The third kappa shape index (κ3) is 5.18. The first-order chi connectivity index (χ1) is 12.2. The Morgan fingerprint density at radius 2 is 1.68 bits per heavy atom. The smallest absolute Gasteiger partial charge is 0.123 e. The van der Waals surface area contributed by atoms with Crippen LogP contribution in [0.1, 0.15) is 18.4 Å². The SMILES string of the molecule is Nc1ccccc1N(Cc1ccc(F)cc1)CN1CCCNCCC1. The van der Waals surface area contributed by atoms with Gasteiger partial charge < -0.3 is 16.0 Å². The minimum absolute atomic E-state index is 0.203. The Labute approximate surface area is 149 Å². The molecule has 0 amide bonds. The molecule has 1 saturated heterocycles. The molecular weight excluding hydrogens is 315 g/mol. The van der Waals surface area contributed by atoms with Crippen LogP contribution in [0.25, 0.3) is 0 Å². The van der Waals surface area contributed by atoms with Gasteiger partial charge in [-0.2, -0.15) is 0 Å². The fourth-order valence-corrected chi connectivity index (χ4v) is 3.27. The summed E-state index contributed by atoms with van der Waals surface area (Å²) >= 11 is 0. The van der Waals surface area contributed by atoms with E-state index in [0.29, 0.717) is 6.54 Å². The molecule has 2 aromatic carbocycles. The Balaban J connectivity index is 1.78. The van der Waals surface area contributed by atoms with Gasteiger partial charge in [0, 0.05) is 19.6 Å². The van der Waals surface area contributed by atoms with E-state index in [4.69, 9.17) is 5.73 Å². The van der Waals surface area contributed by atoms with E-state index in [-0.39, 0.29) is 5.82 Å². The fraction of sp³-hybridized carbons (Fsp3) is 0.400. The second-order valence-electron chi connectivity index (χ2n) is 6.60. The van der Waals surface area contributed by atoms with Crippen molar-refractivity contribution in [3.63, 3.8) is 0 Å². The molecule has 1 aliphatic rings. The number of benzene rings is 2. The number of nitrogens with zero attached hydrogens (tertiary/aromatic N) is 2. The van der Waals surface area contributed by atoms with Gasteiger partial charge in [0.05, 0.1) is 18.0 Å². The standard InChI is InChI=1S/C20H27FN4/c21-18-9-7-17(8-10-18)15-25(20-6-2-1-5-19(20)22)16-24-13-3-11-23-12-4-14-24/h1-2,5-10,23H,3-4,11-16,22H2. The first-order valence-corrected chi connectivity index (χ1v) is 8.99. The predicted octanol–water partition coefficient (Wildman–Crippen LogP) is 3.06. The van der Waals surface area contributed by atoms with Gasteiger partial charge in [0.15, 0.2) is 0 Å². The second-order valence-corrected chi connectivity index (χ2v) is 6.60. The summed E-state index contributed by atoms with van der Waals surface area (Å²) < 4.78 is 13.2. The van der Waals surface area contributed by atoms with Crippen molar-refractivity contribution in [1.82, 2.24) is 10.2 Å². The van der Waals surface area contributed by atoms with Gasteiger partial charge in [-0.15, -0.1) is 0 Å². The van der Waals surface area contributed by atoms with Crippen LogP contribution in [0.5, 0.6) is 0 Å². The quantitative estimate of drug-likeness (QED) is 0.820. The lowest BCUT2D eigenvalue weighted by atomic mass is 10.2. The van der Waals surface area contributed by atoms with Gasteiger partial charge in [-0.05, 0) is 55.8 Å². The Bertz CT molecular complexity index is 651. The molecule has 0 aromatic heterocycles. The highest BCUT2D eigenvalue weighted by Crippen LogP contribution is 2.25. The normalized spacial score (nSPS) is 16.2. The molecule has 1 aliphatic heterocycles. The number of para-hydroxylation sites is 2. The molecule has 25 heavy (non-hydrogen) atoms. The van der Waals surface area contributed by atoms with Crippen LogP contribution < -0.4 is 16.0 Å². The Morgan fingerprint density at radius 1 is 1.00 bits per heavy atom. The number of nitrogens with one attached hydrogen (secondary N) is 1. The van der Waals surface area contributed by atoms with Crippen LogP contribution in [0, 0.1) is 5.82 Å². The van der Waals surface area contributed by atoms with E-state index in [0.717, 1.165) is 62.6 Å². The molecular formula is C20H27FN4. The molecule has 0 aliphatic carbocycles. The maximum Gasteiger partial charge on any atom is 0.123 e. The van der Waals surface area contributed by atoms with Gasteiger partial charge in [0.25, 0.3) is 0 Å². The Kier molecular flexibility index (Phi) is 6.25. The maximum absolute atomic E-state index is 13.2. The molecule has 1 fully saturated rings. The van der Waals surface area contributed by atoms with E-state index in [1.54, 1.807) is 0 Å². The number of hydrogen-bond donors (Lipinski definition) is 2. The highest BCUT2D eigenvalue weighted by molar-refractivity contribution is 5.67. The van der Waals surface area contributed by atoms with E-state index in [1.165, 1.54) is 12.1 Å². The van der Waals surface area contributed by atoms with Gasteiger partial charge in [-0.25, -0.2) is 4.39 Å². The third-order valence-electron chi connectivity index (χ3n) is 4.59. The van der Waals surface area contributed by atoms with Crippen LogP contribution in [-0.2, 0) is 6.54 Å². The largest absolute Gasteiger partial charge is 0.397 e. The van der Waals surface area contributed by atoms with Crippen molar-refractivity contribution in [3.05, 3.63) is 59.9 Å². The van der Waals surface area contributed by atoms with Crippen LogP contribution in [0.4, 0.5) is 15.8 Å². The van der Waals surface area contributed by atoms with Crippen molar-refractivity contribution < 1.29 is 4.39 Å². The zero-order chi connectivity index (χ0) is 17.5. The van der Waals surface area contributed by atoms with Crippen molar-refractivity contribution in [3.8, 4) is 0 Å². The number of anilines is 2. The molecule has 0 radical (unpaired) electrons. The van der Waals surface area contributed by atoms with Gasteiger partial charge in [0.2, 0.25) is 0 Å². The predicted molar refractivity (Wildman–Crippen MR) is 102 cm³/mol. The van der Waals surface area contributed by atoms with Crippen molar-refractivity contribution in [1.29, 1.82) is 0 Å². The number of halogens is 1. The maximum atomic E-state index is 13.2. The summed E-state index contributed by atoms with van der Waals surface area (Å²) in [6.07, 6.45) is 2.29. The van der Waals surface area contributed by atoms with Gasteiger partial charge in [-0.3, -0.25) is 4.90 Å². The molecule has 134 valence electrons. The molecule has 0 spiro atoms. The molecule has 2 aromatic rings. The van der Waals surface area contributed by atoms with E-state index >= 15 is 0 Å². The summed E-state index contributed by atoms with van der Waals surface area (Å²) in [5, 5.41) is 3.45. The van der Waals surface area contributed by atoms with E-state index in [9.17, 15) is 4.39 Å². The van der Waals surface area contributed by atoms with E-state index in [2.05, 4.69) is 21.2 Å². The molecule has 0 unspecified atom stereocenters. The van der Waals surface area contributed by atoms with Crippen LogP contribution >= 0.6 is 0 Å². The number of rotatable bonds is 5. The lowest BCUT2D eigenvalue weighted by molar-refractivity contribution is 0.250. The summed E-state index contributed by atoms with van der Waals surface area (Å²) in [6.45, 7) is 5.82. The molecule has 0 saturated carbocycles. The molecule has 0 atom stereocenters. The summed E-state index contributed by atoms with van der Waals surface area (Å²) in [4.78, 5) is 4.77. The summed E-state index contributed by atoms with van der Waals surface area (Å²) in [6, 6.07) is 14.7. The lowest BCUT2D eigenvalue weighted by Crippen LogP contribution is -2.42. The molecule has 3 N–H and O–H groups in total. The topological polar surface area (TPSA) is 44.5 Å². The van der Waals surface area contributed by atoms with Crippen molar-refractivity contribution >= 4 is 11.4 Å². The van der Waals surface area contributed by atoms with E-state index < -0.39 is 0 Å². The fourth-order valence-electron chi connectivity index (χ4n) is 3.27. The highest BCUT2D eigenvalue weighted by Gasteiger charge is 2.15. The number of hydrogen-bond acceptors (Lipinski definition) is 4. The molecule has 5 heteroatoms. The minimum Gasteiger partial charge on any atom is -0.397 e. The van der Waals surface area contributed by atoms with Crippen LogP contribution in [0.3, 0.4) is 0 Å². The summed E-state index contributed by atoms with van der Waals surface area (Å²) in [5.41, 5.74) is 9.12. The van der Waals surface area contributed by atoms with Crippen LogP contribution in [0.2, 0.25) is 0 Å².